The first-order valence-electron chi connectivity index (χ1n) is 9.76. The largest absolute Gasteiger partial charge is 0.488 e. The van der Waals surface area contributed by atoms with Crippen LogP contribution >= 0.6 is 11.8 Å². The average Bonchev–Trinajstić information content (AvgIpc) is 2.79. The SMILES string of the molecule is O=C1Nc2ccccc2S/C1=C\c1ccccc1OCc1cccc2ccccc12. The van der Waals surface area contributed by atoms with Crippen LogP contribution in [0.15, 0.2) is 101 Å². The predicted octanol–water partition coefficient (Wildman–Crippen LogP) is 6.50. The molecule has 30 heavy (non-hydrogen) atoms. The lowest BCUT2D eigenvalue weighted by atomic mass is 10.1. The lowest BCUT2D eigenvalue weighted by molar-refractivity contribution is -0.112. The van der Waals surface area contributed by atoms with Gasteiger partial charge in [-0.1, -0.05) is 84.6 Å². The molecular weight excluding hydrogens is 390 g/mol. The molecule has 0 atom stereocenters. The molecule has 0 bridgehead atoms. The molecule has 1 amide bonds. The molecule has 1 aliphatic rings. The number of carbonyl (C=O) groups excluding carboxylic acids is 1. The average molecular weight is 410 g/mol. The second kappa shape index (κ2) is 8.09. The Kier molecular flexibility index (Phi) is 4.99. The molecule has 0 aliphatic carbocycles. The summed E-state index contributed by atoms with van der Waals surface area (Å²) >= 11 is 1.48. The minimum absolute atomic E-state index is 0.0949. The molecule has 0 radical (unpaired) electrons. The van der Waals surface area contributed by atoms with Crippen LogP contribution in [-0.2, 0) is 11.4 Å². The van der Waals surface area contributed by atoms with Crippen molar-refractivity contribution in [2.45, 2.75) is 11.5 Å². The van der Waals surface area contributed by atoms with Crippen molar-refractivity contribution < 1.29 is 9.53 Å². The molecule has 0 aromatic heterocycles. The lowest BCUT2D eigenvalue weighted by Gasteiger charge is -2.18. The Bertz CT molecular complexity index is 1270. The first-order chi connectivity index (χ1) is 14.8. The maximum Gasteiger partial charge on any atom is 0.262 e. The zero-order valence-corrected chi connectivity index (χ0v) is 17.0. The highest BCUT2D eigenvalue weighted by Gasteiger charge is 2.21. The molecule has 1 aliphatic heterocycles. The van der Waals surface area contributed by atoms with E-state index in [2.05, 4.69) is 35.6 Å². The number of hydrogen-bond acceptors (Lipinski definition) is 3. The third-order valence-electron chi connectivity index (χ3n) is 5.05. The van der Waals surface area contributed by atoms with Crippen LogP contribution in [0, 0.1) is 0 Å². The van der Waals surface area contributed by atoms with E-state index in [0.717, 1.165) is 27.5 Å². The van der Waals surface area contributed by atoms with Crippen molar-refractivity contribution in [1.29, 1.82) is 0 Å². The minimum Gasteiger partial charge on any atom is -0.488 e. The van der Waals surface area contributed by atoms with Gasteiger partial charge in [0, 0.05) is 10.5 Å². The highest BCUT2D eigenvalue weighted by molar-refractivity contribution is 8.04. The van der Waals surface area contributed by atoms with E-state index >= 15 is 0 Å². The van der Waals surface area contributed by atoms with E-state index in [9.17, 15) is 4.79 Å². The Morgan fingerprint density at radius 3 is 2.57 bits per heavy atom. The van der Waals surface area contributed by atoms with Gasteiger partial charge in [-0.25, -0.2) is 0 Å². The second-order valence-corrected chi connectivity index (χ2v) is 8.11. The maximum atomic E-state index is 12.6. The van der Waals surface area contributed by atoms with E-state index in [1.807, 2.05) is 66.7 Å². The van der Waals surface area contributed by atoms with Crippen molar-refractivity contribution in [2.75, 3.05) is 5.32 Å². The topological polar surface area (TPSA) is 38.3 Å². The standard InChI is InChI=1S/C26H19NO2S/c28-26-25(30-24-15-6-4-13-22(24)27-26)16-19-9-2-5-14-23(19)29-17-20-11-7-10-18-8-1-3-12-21(18)20/h1-16H,17H2,(H,27,28)/b25-16-. The third-order valence-corrected chi connectivity index (χ3v) is 6.15. The van der Waals surface area contributed by atoms with E-state index in [1.54, 1.807) is 0 Å². The van der Waals surface area contributed by atoms with Crippen LogP contribution in [0.1, 0.15) is 11.1 Å². The molecule has 4 heteroatoms. The molecule has 0 saturated heterocycles. The first-order valence-corrected chi connectivity index (χ1v) is 10.6. The van der Waals surface area contributed by atoms with Crippen LogP contribution in [0.4, 0.5) is 5.69 Å². The van der Waals surface area contributed by atoms with Crippen LogP contribution in [-0.4, -0.2) is 5.91 Å². The summed E-state index contributed by atoms with van der Waals surface area (Å²) in [5, 5.41) is 5.35. The van der Waals surface area contributed by atoms with Gasteiger partial charge >= 0.3 is 0 Å². The van der Waals surface area contributed by atoms with E-state index in [-0.39, 0.29) is 5.91 Å². The fraction of sp³-hybridized carbons (Fsp3) is 0.0385. The molecular formula is C26H19NO2S. The van der Waals surface area contributed by atoms with Gasteiger partial charge in [0.15, 0.2) is 0 Å². The molecule has 5 rings (SSSR count). The summed E-state index contributed by atoms with van der Waals surface area (Å²) in [5.41, 5.74) is 2.87. The Labute approximate surface area is 179 Å². The number of anilines is 1. The number of amides is 1. The van der Waals surface area contributed by atoms with Crippen molar-refractivity contribution >= 4 is 40.2 Å². The quantitative estimate of drug-likeness (QED) is 0.391. The maximum absolute atomic E-state index is 12.6. The molecule has 146 valence electrons. The molecule has 0 spiro atoms. The summed E-state index contributed by atoms with van der Waals surface area (Å²) in [5.74, 6) is 0.660. The smallest absolute Gasteiger partial charge is 0.262 e. The van der Waals surface area contributed by atoms with Crippen LogP contribution in [0.2, 0.25) is 0 Å². The van der Waals surface area contributed by atoms with Crippen molar-refractivity contribution in [3.63, 3.8) is 0 Å². The molecule has 1 heterocycles. The highest BCUT2D eigenvalue weighted by Crippen LogP contribution is 2.39. The first kappa shape index (κ1) is 18.5. The number of carbonyl (C=O) groups is 1. The molecule has 0 unspecified atom stereocenters. The Morgan fingerprint density at radius 2 is 1.60 bits per heavy atom. The van der Waals surface area contributed by atoms with E-state index in [1.165, 1.54) is 22.5 Å². The van der Waals surface area contributed by atoms with Gasteiger partial charge in [-0.2, -0.15) is 0 Å². The number of nitrogens with one attached hydrogen (secondary N) is 1. The van der Waals surface area contributed by atoms with Gasteiger partial charge in [0.2, 0.25) is 0 Å². The Hall–Kier alpha value is -3.50. The van der Waals surface area contributed by atoms with Gasteiger partial charge in [-0.05, 0) is 40.6 Å². The van der Waals surface area contributed by atoms with Crippen molar-refractivity contribution in [3.8, 4) is 5.75 Å². The zero-order valence-electron chi connectivity index (χ0n) is 16.2. The zero-order chi connectivity index (χ0) is 20.3. The van der Waals surface area contributed by atoms with Crippen molar-refractivity contribution in [3.05, 3.63) is 107 Å². The molecule has 4 aromatic carbocycles. The molecule has 0 saturated carbocycles. The summed E-state index contributed by atoms with van der Waals surface area (Å²) in [6.07, 6.45) is 1.90. The predicted molar refractivity (Wildman–Crippen MR) is 124 cm³/mol. The fourth-order valence-electron chi connectivity index (χ4n) is 3.55. The van der Waals surface area contributed by atoms with Crippen molar-refractivity contribution in [2.24, 2.45) is 0 Å². The van der Waals surface area contributed by atoms with Gasteiger partial charge in [0.1, 0.15) is 12.4 Å². The molecule has 0 fully saturated rings. The van der Waals surface area contributed by atoms with Gasteiger partial charge in [0.25, 0.3) is 5.91 Å². The lowest BCUT2D eigenvalue weighted by Crippen LogP contribution is -2.17. The van der Waals surface area contributed by atoms with E-state index in [0.29, 0.717) is 11.5 Å². The van der Waals surface area contributed by atoms with Crippen LogP contribution in [0.25, 0.3) is 16.8 Å². The normalized spacial score (nSPS) is 14.4. The number of para-hydroxylation sites is 2. The van der Waals surface area contributed by atoms with Crippen LogP contribution in [0.5, 0.6) is 5.75 Å². The number of fused-ring (bicyclic) bond motifs is 2. The van der Waals surface area contributed by atoms with Gasteiger partial charge in [0.05, 0.1) is 10.6 Å². The molecule has 1 N–H and O–H groups in total. The van der Waals surface area contributed by atoms with E-state index in [4.69, 9.17) is 4.74 Å². The minimum atomic E-state index is -0.0949. The van der Waals surface area contributed by atoms with Crippen molar-refractivity contribution in [1.82, 2.24) is 0 Å². The second-order valence-electron chi connectivity index (χ2n) is 7.03. The fourth-order valence-corrected chi connectivity index (χ4v) is 4.49. The van der Waals surface area contributed by atoms with E-state index < -0.39 is 0 Å². The van der Waals surface area contributed by atoms with Crippen LogP contribution in [0.3, 0.4) is 0 Å². The van der Waals surface area contributed by atoms with Gasteiger partial charge in [-0.3, -0.25) is 4.79 Å². The summed E-state index contributed by atoms with van der Waals surface area (Å²) in [4.78, 5) is 14.2. The summed E-state index contributed by atoms with van der Waals surface area (Å²) in [6.45, 7) is 0.462. The number of thioether (sulfide) groups is 1. The monoisotopic (exact) mass is 409 g/mol. The van der Waals surface area contributed by atoms with Crippen LogP contribution < -0.4 is 10.1 Å². The third kappa shape index (κ3) is 3.70. The Balaban J connectivity index is 1.42. The molecule has 3 nitrogen and oxygen atoms in total. The molecule has 4 aromatic rings. The van der Waals surface area contributed by atoms with Gasteiger partial charge < -0.3 is 10.1 Å². The number of ether oxygens (including phenoxy) is 1. The highest BCUT2D eigenvalue weighted by atomic mass is 32.2. The summed E-state index contributed by atoms with van der Waals surface area (Å²) < 4.78 is 6.19. The summed E-state index contributed by atoms with van der Waals surface area (Å²) in [6, 6.07) is 30.2. The number of hydrogen-bond donors (Lipinski definition) is 1. The number of benzene rings is 4. The van der Waals surface area contributed by atoms with Gasteiger partial charge in [-0.15, -0.1) is 0 Å². The Morgan fingerprint density at radius 1 is 0.833 bits per heavy atom. The number of rotatable bonds is 4. The summed E-state index contributed by atoms with van der Waals surface area (Å²) in [7, 11) is 0.